The summed E-state index contributed by atoms with van der Waals surface area (Å²) in [6.45, 7) is 0.655. The minimum absolute atomic E-state index is 0.0555. The lowest BCUT2D eigenvalue weighted by molar-refractivity contribution is -0.128. The van der Waals surface area contributed by atoms with Gasteiger partial charge in [-0.15, -0.1) is 0 Å². The number of aliphatic hydroxyl groups excluding tert-OH is 1. The Morgan fingerprint density at radius 2 is 1.92 bits per heavy atom. The fourth-order valence-corrected chi connectivity index (χ4v) is 4.34. The van der Waals surface area contributed by atoms with Crippen LogP contribution < -0.4 is 0 Å². The van der Waals surface area contributed by atoms with Crippen molar-refractivity contribution < 1.29 is 9.90 Å². The molecule has 2 aromatic carbocycles. The molecule has 2 atom stereocenters. The first-order valence-electron chi connectivity index (χ1n) is 8.40. The van der Waals surface area contributed by atoms with E-state index >= 15 is 0 Å². The molecule has 1 saturated heterocycles. The summed E-state index contributed by atoms with van der Waals surface area (Å²) in [6.07, 6.45) is 0.409. The zero-order valence-corrected chi connectivity index (χ0v) is 13.2. The van der Waals surface area contributed by atoms with E-state index in [4.69, 9.17) is 0 Å². The molecule has 1 amide bonds. The molecule has 3 aromatic rings. The number of nitrogens with zero attached hydrogens (tertiary/aromatic N) is 1. The molecule has 0 aliphatic carbocycles. The van der Waals surface area contributed by atoms with Gasteiger partial charge in [0.2, 0.25) is 5.91 Å². The number of H-pyrrole nitrogens is 1. The number of hydrogen-bond donors (Lipinski definition) is 2. The highest BCUT2D eigenvalue weighted by atomic mass is 16.3. The van der Waals surface area contributed by atoms with Crippen molar-refractivity contribution in [2.24, 2.45) is 0 Å². The van der Waals surface area contributed by atoms with Crippen LogP contribution in [0.4, 0.5) is 0 Å². The Morgan fingerprint density at radius 1 is 1.08 bits per heavy atom. The van der Waals surface area contributed by atoms with E-state index < -0.39 is 6.10 Å². The van der Waals surface area contributed by atoms with Gasteiger partial charge < -0.3 is 15.0 Å². The molecule has 120 valence electrons. The molecular weight excluding hydrogens is 300 g/mol. The number of carbonyl (C=O) groups excluding carboxylic acids is 1. The number of nitrogens with one attached hydrogen (secondary N) is 1. The molecule has 3 heterocycles. The van der Waals surface area contributed by atoms with Crippen molar-refractivity contribution in [1.82, 2.24) is 9.88 Å². The summed E-state index contributed by atoms with van der Waals surface area (Å²) < 4.78 is 0. The van der Waals surface area contributed by atoms with Crippen LogP contribution in [-0.2, 0) is 11.2 Å². The molecule has 5 rings (SSSR count). The van der Waals surface area contributed by atoms with Gasteiger partial charge in [-0.05, 0) is 29.2 Å². The number of benzene rings is 2. The van der Waals surface area contributed by atoms with Crippen molar-refractivity contribution in [3.05, 3.63) is 59.7 Å². The molecule has 1 fully saturated rings. The first-order chi connectivity index (χ1) is 11.7. The third kappa shape index (κ3) is 1.80. The second kappa shape index (κ2) is 4.95. The highest BCUT2D eigenvalue weighted by molar-refractivity contribution is 5.95. The number of aliphatic hydroxyl groups is 1. The van der Waals surface area contributed by atoms with Crippen molar-refractivity contribution in [3.63, 3.8) is 0 Å². The van der Waals surface area contributed by atoms with Crippen molar-refractivity contribution in [3.8, 4) is 11.3 Å². The molecule has 0 saturated carbocycles. The maximum atomic E-state index is 12.3. The summed E-state index contributed by atoms with van der Waals surface area (Å²) in [4.78, 5) is 17.7. The van der Waals surface area contributed by atoms with Crippen LogP contribution in [-0.4, -0.2) is 33.5 Å². The average molecular weight is 318 g/mol. The molecule has 24 heavy (non-hydrogen) atoms. The minimum atomic E-state index is -0.621. The van der Waals surface area contributed by atoms with E-state index in [1.54, 1.807) is 0 Å². The monoisotopic (exact) mass is 318 g/mol. The quantitative estimate of drug-likeness (QED) is 0.724. The van der Waals surface area contributed by atoms with E-state index in [1.807, 2.05) is 29.2 Å². The Balaban J connectivity index is 1.79. The standard InChI is InChI=1S/C20H18N2O2/c23-16-11-17(24)22-10-9-13-18-14(20(16)22)7-4-8-15(18)21-19(13)12-5-2-1-3-6-12/h1-8,16,20-21,23H,9-11H2/t16-,20+/m0/s1. The summed E-state index contributed by atoms with van der Waals surface area (Å²) in [5.41, 5.74) is 5.68. The van der Waals surface area contributed by atoms with Crippen LogP contribution in [0.1, 0.15) is 23.6 Å². The average Bonchev–Trinajstić information content (AvgIpc) is 3.03. The van der Waals surface area contributed by atoms with E-state index in [0.717, 1.165) is 28.8 Å². The van der Waals surface area contributed by atoms with Crippen molar-refractivity contribution in [2.45, 2.75) is 25.0 Å². The van der Waals surface area contributed by atoms with Crippen LogP contribution in [0.25, 0.3) is 22.2 Å². The molecule has 4 heteroatoms. The van der Waals surface area contributed by atoms with Crippen LogP contribution >= 0.6 is 0 Å². The van der Waals surface area contributed by atoms with Gasteiger partial charge in [-0.3, -0.25) is 4.79 Å². The third-order valence-electron chi connectivity index (χ3n) is 5.35. The third-order valence-corrected chi connectivity index (χ3v) is 5.35. The number of rotatable bonds is 1. The van der Waals surface area contributed by atoms with E-state index in [1.165, 1.54) is 10.9 Å². The molecule has 0 radical (unpaired) electrons. The van der Waals surface area contributed by atoms with Crippen molar-refractivity contribution in [2.75, 3.05) is 6.54 Å². The predicted molar refractivity (Wildman–Crippen MR) is 92.5 cm³/mol. The predicted octanol–water partition coefficient (Wildman–Crippen LogP) is 3.03. The van der Waals surface area contributed by atoms with Gasteiger partial charge >= 0.3 is 0 Å². The first kappa shape index (κ1) is 13.8. The molecule has 2 aliphatic rings. The fraction of sp³-hybridized carbons (Fsp3) is 0.250. The van der Waals surface area contributed by atoms with E-state index in [2.05, 4.69) is 29.2 Å². The molecule has 1 aromatic heterocycles. The summed E-state index contributed by atoms with van der Waals surface area (Å²) in [5.74, 6) is 0.0555. The topological polar surface area (TPSA) is 56.3 Å². The van der Waals surface area contributed by atoms with Gasteiger partial charge in [0.05, 0.1) is 18.6 Å². The van der Waals surface area contributed by atoms with Gasteiger partial charge in [-0.25, -0.2) is 0 Å². The maximum absolute atomic E-state index is 12.3. The van der Waals surface area contributed by atoms with E-state index in [0.29, 0.717) is 6.54 Å². The Morgan fingerprint density at radius 3 is 2.75 bits per heavy atom. The Kier molecular flexibility index (Phi) is 2.85. The van der Waals surface area contributed by atoms with E-state index in [-0.39, 0.29) is 18.4 Å². The van der Waals surface area contributed by atoms with Crippen LogP contribution in [0.3, 0.4) is 0 Å². The summed E-state index contributed by atoms with van der Waals surface area (Å²) >= 11 is 0. The van der Waals surface area contributed by atoms with Gasteiger partial charge in [0.25, 0.3) is 0 Å². The summed E-state index contributed by atoms with van der Waals surface area (Å²) in [6, 6.07) is 16.2. The number of fused-ring (bicyclic) bond motifs is 2. The molecule has 2 N–H and O–H groups in total. The normalized spacial score (nSPS) is 22.7. The van der Waals surface area contributed by atoms with Crippen molar-refractivity contribution >= 4 is 16.8 Å². The van der Waals surface area contributed by atoms with Crippen LogP contribution in [0.2, 0.25) is 0 Å². The highest BCUT2D eigenvalue weighted by Crippen LogP contribution is 2.43. The molecule has 0 unspecified atom stereocenters. The molecule has 0 bridgehead atoms. The minimum Gasteiger partial charge on any atom is -0.390 e. The summed E-state index contributed by atoms with van der Waals surface area (Å²) in [7, 11) is 0. The number of carbonyl (C=O) groups is 1. The van der Waals surface area contributed by atoms with Crippen molar-refractivity contribution in [1.29, 1.82) is 0 Å². The van der Waals surface area contributed by atoms with Gasteiger partial charge in [0, 0.05) is 23.1 Å². The smallest absolute Gasteiger partial charge is 0.225 e. The Hall–Kier alpha value is -2.59. The number of hydrogen-bond acceptors (Lipinski definition) is 2. The lowest BCUT2D eigenvalue weighted by Gasteiger charge is -2.25. The fourth-order valence-electron chi connectivity index (χ4n) is 4.34. The zero-order valence-electron chi connectivity index (χ0n) is 13.2. The lowest BCUT2D eigenvalue weighted by Crippen LogP contribution is -2.30. The van der Waals surface area contributed by atoms with Gasteiger partial charge in [-0.1, -0.05) is 42.5 Å². The largest absolute Gasteiger partial charge is 0.390 e. The number of aromatic nitrogens is 1. The van der Waals surface area contributed by atoms with Crippen LogP contribution in [0, 0.1) is 0 Å². The lowest BCUT2D eigenvalue weighted by atomic mass is 9.95. The van der Waals surface area contributed by atoms with Gasteiger partial charge in [0.15, 0.2) is 0 Å². The van der Waals surface area contributed by atoms with Crippen LogP contribution in [0.15, 0.2) is 48.5 Å². The van der Waals surface area contributed by atoms with E-state index in [9.17, 15) is 9.90 Å². The molecule has 0 spiro atoms. The second-order valence-electron chi connectivity index (χ2n) is 6.67. The van der Waals surface area contributed by atoms with Crippen LogP contribution in [0.5, 0.6) is 0 Å². The van der Waals surface area contributed by atoms with Gasteiger partial charge in [0.1, 0.15) is 0 Å². The number of amides is 1. The SMILES string of the molecule is O=C1C[C@H](O)[C@H]2c3cccc4[nH]c(-c5ccccc5)c(c34)CCN12. The number of aromatic amines is 1. The highest BCUT2D eigenvalue weighted by Gasteiger charge is 2.42. The maximum Gasteiger partial charge on any atom is 0.225 e. The Labute approximate surface area is 139 Å². The molecule has 4 nitrogen and oxygen atoms in total. The Bertz CT molecular complexity index is 945. The van der Waals surface area contributed by atoms with Gasteiger partial charge in [-0.2, -0.15) is 0 Å². The molecular formula is C20H18N2O2. The zero-order chi connectivity index (χ0) is 16.3. The second-order valence-corrected chi connectivity index (χ2v) is 6.67. The first-order valence-corrected chi connectivity index (χ1v) is 8.40. The molecule has 2 aliphatic heterocycles. The summed E-state index contributed by atoms with van der Waals surface area (Å²) in [5, 5.41) is 11.6.